The predicted molar refractivity (Wildman–Crippen MR) is 61.0 cm³/mol. The van der Waals surface area contributed by atoms with E-state index in [1.54, 1.807) is 12.1 Å². The lowest BCUT2D eigenvalue weighted by molar-refractivity contribution is -0.124. The second-order valence-corrected chi connectivity index (χ2v) is 3.86. The molecule has 1 unspecified atom stereocenters. The lowest BCUT2D eigenvalue weighted by atomic mass is 10.2. The summed E-state index contributed by atoms with van der Waals surface area (Å²) in [6.07, 6.45) is 1.40. The van der Waals surface area contributed by atoms with E-state index in [-0.39, 0.29) is 12.0 Å². The molecule has 1 fully saturated rings. The van der Waals surface area contributed by atoms with Crippen LogP contribution in [0.3, 0.4) is 0 Å². The summed E-state index contributed by atoms with van der Waals surface area (Å²) in [6.45, 7) is 2.47. The summed E-state index contributed by atoms with van der Waals surface area (Å²) in [5.41, 5.74) is 6.94. The van der Waals surface area contributed by atoms with Crippen LogP contribution in [0.15, 0.2) is 12.1 Å². The second kappa shape index (κ2) is 4.49. The highest BCUT2D eigenvalue weighted by Gasteiger charge is 2.23. The normalized spacial score (nSPS) is 19.7. The van der Waals surface area contributed by atoms with E-state index >= 15 is 0 Å². The highest BCUT2D eigenvalue weighted by atomic mass is 16.5. The lowest BCUT2D eigenvalue weighted by Crippen LogP contribution is -2.27. The van der Waals surface area contributed by atoms with Crippen molar-refractivity contribution < 1.29 is 9.53 Å². The van der Waals surface area contributed by atoms with Crippen molar-refractivity contribution in [2.75, 3.05) is 17.7 Å². The Morgan fingerprint density at radius 2 is 2.44 bits per heavy atom. The Labute approximate surface area is 94.0 Å². The number of ether oxygens (including phenoxy) is 1. The molecule has 1 aliphatic rings. The van der Waals surface area contributed by atoms with Crippen LogP contribution in [0.2, 0.25) is 0 Å². The molecule has 1 aromatic rings. The molecular weight excluding hydrogens is 206 g/mol. The van der Waals surface area contributed by atoms with Crippen LogP contribution in [0, 0.1) is 6.92 Å². The third-order valence-electron chi connectivity index (χ3n) is 2.59. The van der Waals surface area contributed by atoms with Crippen LogP contribution < -0.4 is 11.1 Å². The number of nitrogen functional groups attached to an aromatic ring is 1. The lowest BCUT2D eigenvalue weighted by Gasteiger charge is -2.11. The van der Waals surface area contributed by atoms with Crippen molar-refractivity contribution in [1.29, 1.82) is 0 Å². The number of anilines is 2. The molecule has 0 radical (unpaired) electrons. The average Bonchev–Trinajstić information content (AvgIpc) is 2.75. The maximum Gasteiger partial charge on any atom is 0.253 e. The zero-order valence-electron chi connectivity index (χ0n) is 9.19. The number of aromatic nitrogens is 1. The number of carbonyl (C=O) groups excluding carboxylic acids is 1. The van der Waals surface area contributed by atoms with Crippen molar-refractivity contribution in [1.82, 2.24) is 4.98 Å². The minimum atomic E-state index is -0.322. The SMILES string of the molecule is Cc1nc(N)ccc1NC(=O)C1CCCO1. The Morgan fingerprint density at radius 1 is 1.62 bits per heavy atom. The molecule has 1 saturated heterocycles. The molecule has 2 rings (SSSR count). The van der Waals surface area contributed by atoms with Gasteiger partial charge in [-0.15, -0.1) is 0 Å². The fourth-order valence-corrected chi connectivity index (χ4v) is 1.71. The van der Waals surface area contributed by atoms with Crippen molar-refractivity contribution in [3.05, 3.63) is 17.8 Å². The number of pyridine rings is 1. The maximum absolute atomic E-state index is 11.8. The second-order valence-electron chi connectivity index (χ2n) is 3.86. The Balaban J connectivity index is 2.05. The van der Waals surface area contributed by atoms with Crippen molar-refractivity contribution in [3.8, 4) is 0 Å². The summed E-state index contributed by atoms with van der Waals surface area (Å²) < 4.78 is 5.29. The van der Waals surface area contributed by atoms with Crippen LogP contribution in [0.25, 0.3) is 0 Å². The average molecular weight is 221 g/mol. The van der Waals surface area contributed by atoms with Gasteiger partial charge in [0, 0.05) is 6.61 Å². The number of amides is 1. The summed E-state index contributed by atoms with van der Waals surface area (Å²) in [7, 11) is 0. The number of hydrogen-bond acceptors (Lipinski definition) is 4. The molecule has 2 heterocycles. The molecule has 86 valence electrons. The first-order chi connectivity index (χ1) is 7.66. The number of nitrogens with one attached hydrogen (secondary N) is 1. The zero-order valence-corrected chi connectivity index (χ0v) is 9.19. The van der Waals surface area contributed by atoms with Crippen LogP contribution in [-0.2, 0) is 9.53 Å². The van der Waals surface area contributed by atoms with Gasteiger partial charge in [-0.25, -0.2) is 4.98 Å². The molecule has 0 bridgehead atoms. The third-order valence-corrected chi connectivity index (χ3v) is 2.59. The molecule has 1 aliphatic heterocycles. The Hall–Kier alpha value is -1.62. The number of nitrogens with zero attached hydrogens (tertiary/aromatic N) is 1. The maximum atomic E-state index is 11.8. The number of carbonyl (C=O) groups is 1. The first kappa shape index (κ1) is 10.9. The highest BCUT2D eigenvalue weighted by molar-refractivity contribution is 5.94. The number of rotatable bonds is 2. The van der Waals surface area contributed by atoms with E-state index in [9.17, 15) is 4.79 Å². The van der Waals surface area contributed by atoms with E-state index in [1.807, 2.05) is 6.92 Å². The summed E-state index contributed by atoms with van der Waals surface area (Å²) in [5, 5.41) is 2.80. The quantitative estimate of drug-likeness (QED) is 0.783. The van der Waals surface area contributed by atoms with Crippen LogP contribution >= 0.6 is 0 Å². The van der Waals surface area contributed by atoms with E-state index in [2.05, 4.69) is 10.3 Å². The summed E-state index contributed by atoms with van der Waals surface area (Å²) in [4.78, 5) is 15.8. The smallest absolute Gasteiger partial charge is 0.253 e. The fourth-order valence-electron chi connectivity index (χ4n) is 1.71. The molecule has 0 saturated carbocycles. The van der Waals surface area contributed by atoms with Gasteiger partial charge in [-0.2, -0.15) is 0 Å². The van der Waals surface area contributed by atoms with Crippen LogP contribution in [0.1, 0.15) is 18.5 Å². The molecule has 5 nitrogen and oxygen atoms in total. The molecule has 1 atom stereocenters. The van der Waals surface area contributed by atoms with E-state index in [0.717, 1.165) is 12.8 Å². The molecule has 3 N–H and O–H groups in total. The topological polar surface area (TPSA) is 77.2 Å². The first-order valence-electron chi connectivity index (χ1n) is 5.32. The van der Waals surface area contributed by atoms with Gasteiger partial charge in [0.15, 0.2) is 0 Å². The molecule has 0 spiro atoms. The van der Waals surface area contributed by atoms with Gasteiger partial charge in [0.1, 0.15) is 11.9 Å². The van der Waals surface area contributed by atoms with Crippen molar-refractivity contribution >= 4 is 17.4 Å². The fraction of sp³-hybridized carbons (Fsp3) is 0.455. The van der Waals surface area contributed by atoms with Gasteiger partial charge < -0.3 is 15.8 Å². The van der Waals surface area contributed by atoms with Gasteiger partial charge in [-0.1, -0.05) is 0 Å². The summed E-state index contributed by atoms with van der Waals surface area (Å²) in [5.74, 6) is 0.347. The van der Waals surface area contributed by atoms with Crippen molar-refractivity contribution in [2.24, 2.45) is 0 Å². The summed E-state index contributed by atoms with van der Waals surface area (Å²) >= 11 is 0. The van der Waals surface area contributed by atoms with Crippen LogP contribution in [0.5, 0.6) is 0 Å². The highest BCUT2D eigenvalue weighted by Crippen LogP contribution is 2.17. The standard InChI is InChI=1S/C11H15N3O2/c1-7-8(4-5-10(12)13-7)14-11(15)9-3-2-6-16-9/h4-5,9H,2-3,6H2,1H3,(H2,12,13)(H,14,15). The van der Waals surface area contributed by atoms with E-state index in [1.165, 1.54) is 0 Å². The molecule has 1 aromatic heterocycles. The Morgan fingerprint density at radius 3 is 3.06 bits per heavy atom. The summed E-state index contributed by atoms with van der Waals surface area (Å²) in [6, 6.07) is 3.42. The van der Waals surface area contributed by atoms with E-state index in [0.29, 0.717) is 23.8 Å². The Kier molecular flexibility index (Phi) is 3.05. The van der Waals surface area contributed by atoms with Gasteiger partial charge in [-0.05, 0) is 31.9 Å². The monoisotopic (exact) mass is 221 g/mol. The van der Waals surface area contributed by atoms with Crippen LogP contribution in [0.4, 0.5) is 11.5 Å². The number of aryl methyl sites for hydroxylation is 1. The van der Waals surface area contributed by atoms with E-state index in [4.69, 9.17) is 10.5 Å². The third kappa shape index (κ3) is 2.30. The number of nitrogens with two attached hydrogens (primary N) is 1. The van der Waals surface area contributed by atoms with E-state index < -0.39 is 0 Å². The van der Waals surface area contributed by atoms with Gasteiger partial charge >= 0.3 is 0 Å². The molecule has 0 aromatic carbocycles. The minimum Gasteiger partial charge on any atom is -0.384 e. The van der Waals surface area contributed by atoms with Gasteiger partial charge in [0.25, 0.3) is 5.91 Å². The molecule has 1 amide bonds. The van der Waals surface area contributed by atoms with Crippen molar-refractivity contribution in [3.63, 3.8) is 0 Å². The number of hydrogen-bond donors (Lipinski definition) is 2. The molecule has 16 heavy (non-hydrogen) atoms. The van der Waals surface area contributed by atoms with Gasteiger partial charge in [0.2, 0.25) is 0 Å². The predicted octanol–water partition coefficient (Wildman–Crippen LogP) is 1.09. The minimum absolute atomic E-state index is 0.104. The van der Waals surface area contributed by atoms with Crippen LogP contribution in [-0.4, -0.2) is 23.6 Å². The van der Waals surface area contributed by atoms with Gasteiger partial charge in [0.05, 0.1) is 11.4 Å². The first-order valence-corrected chi connectivity index (χ1v) is 5.32. The zero-order chi connectivity index (χ0) is 11.5. The molecule has 0 aliphatic carbocycles. The Bertz CT molecular complexity index is 400. The van der Waals surface area contributed by atoms with Gasteiger partial charge in [-0.3, -0.25) is 4.79 Å². The molecule has 5 heteroatoms. The largest absolute Gasteiger partial charge is 0.384 e. The van der Waals surface area contributed by atoms with Crippen molar-refractivity contribution in [2.45, 2.75) is 25.9 Å². The molecular formula is C11H15N3O2.